The smallest absolute Gasteiger partial charge is 0.159 e. The van der Waals surface area contributed by atoms with Crippen LogP contribution in [0.5, 0.6) is 5.75 Å². The molecule has 0 unspecified atom stereocenters. The molecule has 0 saturated heterocycles. The highest BCUT2D eigenvalue weighted by molar-refractivity contribution is 7.91. The van der Waals surface area contributed by atoms with Crippen LogP contribution in [0.3, 0.4) is 0 Å². The zero-order valence-corrected chi connectivity index (χ0v) is 10.0. The van der Waals surface area contributed by atoms with Gasteiger partial charge in [0.25, 0.3) is 0 Å². The number of phenols is 1. The maximum absolute atomic E-state index is 11.8. The molecule has 0 aliphatic heterocycles. The summed E-state index contributed by atoms with van der Waals surface area (Å²) in [6.07, 6.45) is 0. The molecule has 0 spiro atoms. The molecule has 0 atom stereocenters. The van der Waals surface area contributed by atoms with E-state index in [1.165, 1.54) is 12.1 Å². The Kier molecular flexibility index (Phi) is 3.09. The van der Waals surface area contributed by atoms with Gasteiger partial charge < -0.3 is 5.11 Å². The van der Waals surface area contributed by atoms with E-state index in [-0.39, 0.29) is 11.5 Å². The molecule has 4 heteroatoms. The minimum Gasteiger partial charge on any atom is -0.508 e. The maximum Gasteiger partial charge on any atom is 0.159 e. The van der Waals surface area contributed by atoms with E-state index in [2.05, 4.69) is 0 Å². The van der Waals surface area contributed by atoms with Gasteiger partial charge in [0.1, 0.15) is 5.75 Å². The van der Waals surface area contributed by atoms with Crippen molar-refractivity contribution in [2.45, 2.75) is 31.3 Å². The van der Waals surface area contributed by atoms with Crippen LogP contribution in [0.4, 0.5) is 0 Å². The van der Waals surface area contributed by atoms with E-state index in [1.54, 1.807) is 32.9 Å². The Morgan fingerprint density at radius 1 is 1.13 bits per heavy atom. The lowest BCUT2D eigenvalue weighted by Crippen LogP contribution is -2.29. The molecule has 15 heavy (non-hydrogen) atoms. The van der Waals surface area contributed by atoms with Crippen molar-refractivity contribution in [3.63, 3.8) is 0 Å². The first-order chi connectivity index (χ1) is 6.72. The fourth-order valence-corrected chi connectivity index (χ4v) is 2.09. The summed E-state index contributed by atoms with van der Waals surface area (Å²) in [6, 6.07) is 6.23. The van der Waals surface area contributed by atoms with Gasteiger partial charge in [-0.3, -0.25) is 0 Å². The SMILES string of the molecule is CC(C)(C)S(=O)(=O)Cc1ccc(O)cc1. The van der Waals surface area contributed by atoms with E-state index in [0.717, 1.165) is 0 Å². The Labute approximate surface area is 90.7 Å². The van der Waals surface area contributed by atoms with Crippen molar-refractivity contribution in [3.8, 4) is 5.75 Å². The minimum absolute atomic E-state index is 0.0107. The zero-order valence-electron chi connectivity index (χ0n) is 9.19. The second-order valence-corrected chi connectivity index (χ2v) is 7.28. The summed E-state index contributed by atoms with van der Waals surface area (Å²) < 4.78 is 22.9. The monoisotopic (exact) mass is 228 g/mol. The van der Waals surface area contributed by atoms with Gasteiger partial charge in [0, 0.05) is 0 Å². The van der Waals surface area contributed by atoms with E-state index >= 15 is 0 Å². The first kappa shape index (κ1) is 12.0. The van der Waals surface area contributed by atoms with Crippen molar-refractivity contribution in [1.82, 2.24) is 0 Å². The molecule has 1 rings (SSSR count). The standard InChI is InChI=1S/C11H16O3S/c1-11(2,3)15(13,14)8-9-4-6-10(12)7-5-9/h4-7,12H,8H2,1-3H3. The van der Waals surface area contributed by atoms with Gasteiger partial charge in [-0.1, -0.05) is 12.1 Å². The number of hydrogen-bond acceptors (Lipinski definition) is 3. The van der Waals surface area contributed by atoms with Gasteiger partial charge in [0.15, 0.2) is 9.84 Å². The molecule has 1 aromatic carbocycles. The molecule has 0 saturated carbocycles. The quantitative estimate of drug-likeness (QED) is 0.843. The molecule has 0 amide bonds. The summed E-state index contributed by atoms with van der Waals surface area (Å²) in [4.78, 5) is 0. The Morgan fingerprint density at radius 3 is 2.00 bits per heavy atom. The molecule has 0 bridgehead atoms. The average Bonchev–Trinajstić information content (AvgIpc) is 2.06. The van der Waals surface area contributed by atoms with Gasteiger partial charge in [-0.25, -0.2) is 8.42 Å². The molecule has 3 nitrogen and oxygen atoms in total. The Morgan fingerprint density at radius 2 is 1.60 bits per heavy atom. The largest absolute Gasteiger partial charge is 0.508 e. The van der Waals surface area contributed by atoms with Crippen LogP contribution in [-0.2, 0) is 15.6 Å². The maximum atomic E-state index is 11.8. The highest BCUT2D eigenvalue weighted by atomic mass is 32.2. The van der Waals surface area contributed by atoms with Crippen LogP contribution in [0.25, 0.3) is 0 Å². The lowest BCUT2D eigenvalue weighted by Gasteiger charge is -2.19. The number of hydrogen-bond donors (Lipinski definition) is 1. The average molecular weight is 228 g/mol. The number of rotatable bonds is 2. The number of benzene rings is 1. The third-order valence-electron chi connectivity index (χ3n) is 2.23. The molecule has 1 N–H and O–H groups in total. The lowest BCUT2D eigenvalue weighted by atomic mass is 10.2. The van der Waals surface area contributed by atoms with Crippen LogP contribution in [0.2, 0.25) is 0 Å². The fraction of sp³-hybridized carbons (Fsp3) is 0.455. The van der Waals surface area contributed by atoms with Gasteiger partial charge in [-0.2, -0.15) is 0 Å². The van der Waals surface area contributed by atoms with Gasteiger partial charge in [0.2, 0.25) is 0 Å². The van der Waals surface area contributed by atoms with E-state index < -0.39 is 14.6 Å². The molecule has 0 aromatic heterocycles. The lowest BCUT2D eigenvalue weighted by molar-refractivity contribution is 0.475. The number of phenolic OH excluding ortho intramolecular Hbond substituents is 1. The predicted octanol–water partition coefficient (Wildman–Crippen LogP) is 2.11. The normalized spacial score (nSPS) is 12.7. The summed E-state index contributed by atoms with van der Waals surface area (Å²) in [5.74, 6) is 0.156. The highest BCUT2D eigenvalue weighted by Gasteiger charge is 2.28. The van der Waals surface area contributed by atoms with E-state index in [4.69, 9.17) is 5.11 Å². The van der Waals surface area contributed by atoms with Gasteiger partial charge >= 0.3 is 0 Å². The first-order valence-corrected chi connectivity index (χ1v) is 6.38. The second-order valence-electron chi connectivity index (χ2n) is 4.54. The van der Waals surface area contributed by atoms with Crippen LogP contribution in [0.1, 0.15) is 26.3 Å². The molecule has 84 valence electrons. The van der Waals surface area contributed by atoms with E-state index in [9.17, 15) is 8.42 Å². The second kappa shape index (κ2) is 3.85. The minimum atomic E-state index is -3.15. The molecular weight excluding hydrogens is 212 g/mol. The predicted molar refractivity (Wildman–Crippen MR) is 60.5 cm³/mol. The zero-order chi connectivity index (χ0) is 11.7. The third-order valence-corrected chi connectivity index (χ3v) is 4.81. The molecule has 0 aliphatic rings. The van der Waals surface area contributed by atoms with Crippen molar-refractivity contribution < 1.29 is 13.5 Å². The summed E-state index contributed by atoms with van der Waals surface area (Å²) >= 11 is 0. The summed E-state index contributed by atoms with van der Waals surface area (Å²) in [5.41, 5.74) is 0.697. The third kappa shape index (κ3) is 2.96. The van der Waals surface area contributed by atoms with E-state index in [0.29, 0.717) is 5.56 Å². The highest BCUT2D eigenvalue weighted by Crippen LogP contribution is 2.21. The van der Waals surface area contributed by atoms with Crippen molar-refractivity contribution in [3.05, 3.63) is 29.8 Å². The van der Waals surface area contributed by atoms with Crippen LogP contribution >= 0.6 is 0 Å². The van der Waals surface area contributed by atoms with Crippen LogP contribution in [0, 0.1) is 0 Å². The Bertz CT molecular complexity index is 424. The number of sulfone groups is 1. The Balaban J connectivity index is 2.93. The van der Waals surface area contributed by atoms with Gasteiger partial charge in [-0.05, 0) is 38.5 Å². The van der Waals surface area contributed by atoms with E-state index in [1.807, 2.05) is 0 Å². The van der Waals surface area contributed by atoms with Gasteiger partial charge in [0.05, 0.1) is 10.5 Å². The summed E-state index contributed by atoms with van der Waals surface area (Å²) in [7, 11) is -3.15. The van der Waals surface area contributed by atoms with Crippen molar-refractivity contribution in [2.75, 3.05) is 0 Å². The topological polar surface area (TPSA) is 54.4 Å². The molecule has 1 aromatic rings. The van der Waals surface area contributed by atoms with Crippen molar-refractivity contribution in [1.29, 1.82) is 0 Å². The van der Waals surface area contributed by atoms with Crippen LogP contribution in [0.15, 0.2) is 24.3 Å². The van der Waals surface area contributed by atoms with Crippen LogP contribution in [-0.4, -0.2) is 18.3 Å². The molecular formula is C11H16O3S. The Hall–Kier alpha value is -1.03. The first-order valence-electron chi connectivity index (χ1n) is 4.72. The van der Waals surface area contributed by atoms with Gasteiger partial charge in [-0.15, -0.1) is 0 Å². The fourth-order valence-electron chi connectivity index (χ4n) is 1.03. The van der Waals surface area contributed by atoms with Crippen LogP contribution < -0.4 is 0 Å². The molecule has 0 aliphatic carbocycles. The molecule has 0 fully saturated rings. The number of aromatic hydroxyl groups is 1. The van der Waals surface area contributed by atoms with Crippen molar-refractivity contribution >= 4 is 9.84 Å². The molecule has 0 heterocycles. The summed E-state index contributed by atoms with van der Waals surface area (Å²) in [5, 5.41) is 9.07. The summed E-state index contributed by atoms with van der Waals surface area (Å²) in [6.45, 7) is 5.05. The van der Waals surface area contributed by atoms with Crippen molar-refractivity contribution in [2.24, 2.45) is 0 Å². The molecule has 0 radical (unpaired) electrons.